The summed E-state index contributed by atoms with van der Waals surface area (Å²) in [6.45, 7) is 2.28. The molecule has 0 radical (unpaired) electrons. The van der Waals surface area contributed by atoms with Crippen LogP contribution >= 0.6 is 17.4 Å². The van der Waals surface area contributed by atoms with E-state index in [9.17, 15) is 0 Å². The highest BCUT2D eigenvalue weighted by Gasteiger charge is 1.98. The molecule has 2 atom stereocenters. The van der Waals surface area contributed by atoms with Crippen molar-refractivity contribution in [1.29, 1.82) is 0 Å². The van der Waals surface area contributed by atoms with Gasteiger partial charge < -0.3 is 0 Å². The van der Waals surface area contributed by atoms with Gasteiger partial charge >= 0.3 is 0 Å². The molecule has 0 fully saturated rings. The Hall–Kier alpha value is 0.210. The summed E-state index contributed by atoms with van der Waals surface area (Å²) in [4.78, 5) is 0. The highest BCUT2D eigenvalue weighted by atomic mass is 31.1. The average molecular weight is 242 g/mol. The van der Waals surface area contributed by atoms with E-state index in [1.807, 2.05) is 0 Å². The minimum absolute atomic E-state index is 0.937. The van der Waals surface area contributed by atoms with Gasteiger partial charge in [0.2, 0.25) is 0 Å². The first-order valence-electron chi connectivity index (χ1n) is 6.26. The topological polar surface area (TPSA) is 0 Å². The Balaban J connectivity index is 1.96. The maximum absolute atomic E-state index is 2.89. The Morgan fingerprint density at radius 2 is 1.73 bits per heavy atom. The van der Waals surface area contributed by atoms with Crippen molar-refractivity contribution in [2.75, 3.05) is 0 Å². The van der Waals surface area contributed by atoms with Crippen LogP contribution < -0.4 is 5.04 Å². The molecule has 0 spiro atoms. The van der Waals surface area contributed by atoms with E-state index in [1.54, 1.807) is 10.6 Å². The SMILES string of the molecule is CCCCCCCCCc1cc[pH]c1P. The molecule has 1 aromatic heterocycles. The van der Waals surface area contributed by atoms with E-state index in [1.165, 1.54) is 51.4 Å². The fourth-order valence-electron chi connectivity index (χ4n) is 1.91. The van der Waals surface area contributed by atoms with Gasteiger partial charge in [0.05, 0.1) is 0 Å². The molecule has 1 aromatic rings. The molecule has 86 valence electrons. The standard InChI is InChI=1S/C13H24P2/c1-2-3-4-5-6-7-8-9-12-10-11-15-13(12)14/h10-11,15H,2-9,14H2,1H3. The average Bonchev–Trinajstić information content (AvgIpc) is 2.63. The number of rotatable bonds is 8. The second-order valence-corrected chi connectivity index (χ2v) is 6.60. The van der Waals surface area contributed by atoms with Gasteiger partial charge in [0.1, 0.15) is 0 Å². The summed E-state index contributed by atoms with van der Waals surface area (Å²) in [7, 11) is 3.82. The first-order chi connectivity index (χ1) is 7.34. The van der Waals surface area contributed by atoms with E-state index in [0.717, 1.165) is 8.19 Å². The van der Waals surface area contributed by atoms with Crippen LogP contribution in [-0.2, 0) is 6.42 Å². The number of hydrogen-bond donors (Lipinski definition) is 0. The largest absolute Gasteiger partial charge is 0.132 e. The summed E-state index contributed by atoms with van der Waals surface area (Å²) < 4.78 is 0. The molecule has 0 nitrogen and oxygen atoms in total. The fraction of sp³-hybridized carbons (Fsp3) is 0.692. The fourth-order valence-corrected chi connectivity index (χ4v) is 3.29. The van der Waals surface area contributed by atoms with Crippen LogP contribution in [0.15, 0.2) is 11.9 Å². The zero-order valence-electron chi connectivity index (χ0n) is 9.89. The summed E-state index contributed by atoms with van der Waals surface area (Å²) in [5, 5.41) is 1.54. The first kappa shape index (κ1) is 13.3. The van der Waals surface area contributed by atoms with Crippen LogP contribution in [0, 0.1) is 0 Å². The third-order valence-corrected chi connectivity index (χ3v) is 4.76. The van der Waals surface area contributed by atoms with Gasteiger partial charge in [-0.05, 0) is 29.2 Å². The number of aryl methyl sites for hydroxylation is 1. The van der Waals surface area contributed by atoms with Gasteiger partial charge in [-0.15, -0.1) is 17.4 Å². The molecule has 0 amide bonds. The summed E-state index contributed by atoms with van der Waals surface area (Å²) >= 11 is 0. The summed E-state index contributed by atoms with van der Waals surface area (Å²) in [5.41, 5.74) is 1.59. The molecule has 0 saturated carbocycles. The van der Waals surface area contributed by atoms with E-state index in [0.29, 0.717) is 0 Å². The highest BCUT2D eigenvalue weighted by Crippen LogP contribution is 2.16. The van der Waals surface area contributed by atoms with Crippen LogP contribution in [0.25, 0.3) is 0 Å². The third-order valence-electron chi connectivity index (χ3n) is 2.92. The lowest BCUT2D eigenvalue weighted by molar-refractivity contribution is 0.590. The molecule has 1 rings (SSSR count). The van der Waals surface area contributed by atoms with Gasteiger partial charge in [-0.2, -0.15) is 0 Å². The van der Waals surface area contributed by atoms with Gasteiger partial charge in [0, 0.05) is 0 Å². The lowest BCUT2D eigenvalue weighted by atomic mass is 10.1. The van der Waals surface area contributed by atoms with E-state index < -0.39 is 0 Å². The maximum Gasteiger partial charge on any atom is -0.0108 e. The van der Waals surface area contributed by atoms with Gasteiger partial charge in [-0.25, -0.2) is 0 Å². The molecule has 0 bridgehead atoms. The predicted molar refractivity (Wildman–Crippen MR) is 77.0 cm³/mol. The van der Waals surface area contributed by atoms with Crippen molar-refractivity contribution in [3.63, 3.8) is 0 Å². The highest BCUT2D eigenvalue weighted by molar-refractivity contribution is 7.51. The Morgan fingerprint density at radius 1 is 1.07 bits per heavy atom. The molecular formula is C13H24P2. The van der Waals surface area contributed by atoms with Crippen LogP contribution in [0.2, 0.25) is 0 Å². The van der Waals surface area contributed by atoms with Crippen molar-refractivity contribution in [3.05, 3.63) is 17.4 Å². The molecule has 2 unspecified atom stereocenters. The van der Waals surface area contributed by atoms with Crippen LogP contribution in [0.3, 0.4) is 0 Å². The number of hydrogen-bond acceptors (Lipinski definition) is 0. The normalized spacial score (nSPS) is 11.3. The Labute approximate surface area is 98.5 Å². The maximum atomic E-state index is 2.89. The van der Waals surface area contributed by atoms with E-state index in [4.69, 9.17) is 0 Å². The van der Waals surface area contributed by atoms with Gasteiger partial charge in [-0.3, -0.25) is 0 Å². The van der Waals surface area contributed by atoms with Crippen molar-refractivity contribution in [2.45, 2.75) is 58.3 Å². The summed E-state index contributed by atoms with van der Waals surface area (Å²) in [5.74, 6) is 2.30. The van der Waals surface area contributed by atoms with Crippen molar-refractivity contribution in [1.82, 2.24) is 0 Å². The van der Waals surface area contributed by atoms with Crippen molar-refractivity contribution >= 4 is 22.5 Å². The minimum atomic E-state index is 0.937. The Morgan fingerprint density at radius 3 is 2.33 bits per heavy atom. The molecular weight excluding hydrogens is 218 g/mol. The van der Waals surface area contributed by atoms with E-state index >= 15 is 0 Å². The zero-order chi connectivity index (χ0) is 10.9. The molecule has 2 heteroatoms. The monoisotopic (exact) mass is 242 g/mol. The third kappa shape index (κ3) is 5.74. The lowest BCUT2D eigenvalue weighted by Gasteiger charge is -2.01. The number of unbranched alkanes of at least 4 members (excludes halogenated alkanes) is 6. The van der Waals surface area contributed by atoms with E-state index in [-0.39, 0.29) is 0 Å². The molecule has 0 aliphatic heterocycles. The second kappa shape index (κ2) is 8.37. The molecule has 15 heavy (non-hydrogen) atoms. The molecule has 0 aliphatic rings. The minimum Gasteiger partial charge on any atom is -0.132 e. The summed E-state index contributed by atoms with van der Waals surface area (Å²) in [6.07, 6.45) is 11.2. The predicted octanol–water partition coefficient (Wildman–Crippen LogP) is 4.51. The lowest BCUT2D eigenvalue weighted by Crippen LogP contribution is -1.93. The van der Waals surface area contributed by atoms with Crippen molar-refractivity contribution < 1.29 is 0 Å². The van der Waals surface area contributed by atoms with Crippen LogP contribution in [0.4, 0.5) is 0 Å². The Kier molecular flexibility index (Phi) is 7.41. The van der Waals surface area contributed by atoms with E-state index in [2.05, 4.69) is 28.0 Å². The molecule has 0 aromatic carbocycles. The van der Waals surface area contributed by atoms with Gasteiger partial charge in [-0.1, -0.05) is 51.5 Å². The smallest absolute Gasteiger partial charge is 0.0108 e. The van der Waals surface area contributed by atoms with Crippen LogP contribution in [0.5, 0.6) is 0 Å². The first-order valence-corrected chi connectivity index (χ1v) is 7.91. The molecule has 0 aliphatic carbocycles. The molecule has 0 N–H and O–H groups in total. The van der Waals surface area contributed by atoms with Crippen molar-refractivity contribution in [2.24, 2.45) is 0 Å². The quantitative estimate of drug-likeness (QED) is 0.464. The molecule has 1 heterocycles. The second-order valence-electron chi connectivity index (χ2n) is 4.29. The van der Waals surface area contributed by atoms with Gasteiger partial charge in [0.25, 0.3) is 0 Å². The summed E-state index contributed by atoms with van der Waals surface area (Å²) in [6, 6.07) is 2.32. The van der Waals surface area contributed by atoms with Crippen molar-refractivity contribution in [3.8, 4) is 0 Å². The van der Waals surface area contributed by atoms with Crippen LogP contribution in [-0.4, -0.2) is 0 Å². The van der Waals surface area contributed by atoms with Gasteiger partial charge in [0.15, 0.2) is 0 Å². The van der Waals surface area contributed by atoms with Crippen LogP contribution in [0.1, 0.15) is 57.4 Å². The Bertz CT molecular complexity index is 253. The zero-order valence-corrected chi connectivity index (χ0v) is 12.0. The molecule has 0 saturated heterocycles.